The zero-order valence-electron chi connectivity index (χ0n) is 16.6. The third kappa shape index (κ3) is 4.75. The van der Waals surface area contributed by atoms with Gasteiger partial charge in [-0.3, -0.25) is 9.36 Å². The summed E-state index contributed by atoms with van der Waals surface area (Å²) in [6.07, 6.45) is 0.677. The third-order valence-corrected chi connectivity index (χ3v) is 4.70. The van der Waals surface area contributed by atoms with E-state index >= 15 is 0 Å². The number of nitrogens with zero attached hydrogens (tertiary/aromatic N) is 3. The van der Waals surface area contributed by atoms with Gasteiger partial charge in [-0.05, 0) is 43.7 Å². The summed E-state index contributed by atoms with van der Waals surface area (Å²) < 4.78 is 12.1. The van der Waals surface area contributed by atoms with Crippen LogP contribution in [0.4, 0.5) is 5.95 Å². The van der Waals surface area contributed by atoms with Crippen LogP contribution < -0.4 is 15.7 Å². The summed E-state index contributed by atoms with van der Waals surface area (Å²) in [7, 11) is 3.22. The number of rotatable bonds is 8. The maximum Gasteiger partial charge on any atom is 0.262 e. The van der Waals surface area contributed by atoms with E-state index in [-0.39, 0.29) is 5.56 Å². The Balaban J connectivity index is 2.00. The standard InChI is InChI=1S/C21H23ClN4O3/c1-14(17-13-15(22)9-10-19(17)29-3)24-25-21-23-18-8-5-4-7-16(18)20(27)26(21)11-6-12-28-2/h4-5,7-10,13H,6,11-12H2,1-3H3,(H,23,25)/b24-14-. The average molecular weight is 415 g/mol. The van der Waals surface area contributed by atoms with E-state index in [1.54, 1.807) is 49.1 Å². The van der Waals surface area contributed by atoms with Crippen LogP contribution in [0.2, 0.25) is 5.02 Å². The number of hydrazone groups is 1. The Kier molecular flexibility index (Phi) is 6.85. The second-order valence-electron chi connectivity index (χ2n) is 6.41. The number of ether oxygens (including phenoxy) is 2. The van der Waals surface area contributed by atoms with E-state index in [2.05, 4.69) is 15.5 Å². The number of anilines is 1. The third-order valence-electron chi connectivity index (χ3n) is 4.47. The lowest BCUT2D eigenvalue weighted by Crippen LogP contribution is -2.25. The highest BCUT2D eigenvalue weighted by Gasteiger charge is 2.12. The van der Waals surface area contributed by atoms with Gasteiger partial charge in [0.2, 0.25) is 5.95 Å². The van der Waals surface area contributed by atoms with E-state index in [4.69, 9.17) is 21.1 Å². The largest absolute Gasteiger partial charge is 0.496 e. The van der Waals surface area contributed by atoms with Crippen LogP contribution in [0.25, 0.3) is 10.9 Å². The minimum atomic E-state index is -0.123. The highest BCUT2D eigenvalue weighted by atomic mass is 35.5. The number of hydrogen-bond donors (Lipinski definition) is 1. The Hall–Kier alpha value is -2.90. The van der Waals surface area contributed by atoms with Gasteiger partial charge in [-0.15, -0.1) is 0 Å². The molecule has 7 nitrogen and oxygen atoms in total. The Morgan fingerprint density at radius 3 is 2.79 bits per heavy atom. The van der Waals surface area contributed by atoms with Gasteiger partial charge >= 0.3 is 0 Å². The first-order valence-corrected chi connectivity index (χ1v) is 9.55. The minimum Gasteiger partial charge on any atom is -0.496 e. The first-order valence-electron chi connectivity index (χ1n) is 9.18. The lowest BCUT2D eigenvalue weighted by molar-refractivity contribution is 0.190. The lowest BCUT2D eigenvalue weighted by atomic mass is 10.1. The number of para-hydroxylation sites is 1. The van der Waals surface area contributed by atoms with Gasteiger partial charge in [0.15, 0.2) is 0 Å². The summed E-state index contributed by atoms with van der Waals surface area (Å²) in [6, 6.07) is 12.6. The van der Waals surface area contributed by atoms with Gasteiger partial charge in [-0.25, -0.2) is 10.4 Å². The van der Waals surface area contributed by atoms with Gasteiger partial charge in [0, 0.05) is 30.8 Å². The molecule has 1 aromatic heterocycles. The molecule has 0 saturated carbocycles. The first-order chi connectivity index (χ1) is 14.0. The molecule has 0 aliphatic carbocycles. The van der Waals surface area contributed by atoms with Crippen LogP contribution in [0, 0.1) is 0 Å². The molecule has 0 saturated heterocycles. The minimum absolute atomic E-state index is 0.123. The summed E-state index contributed by atoms with van der Waals surface area (Å²) in [4.78, 5) is 17.5. The van der Waals surface area contributed by atoms with Gasteiger partial charge in [0.05, 0.1) is 23.7 Å². The molecule has 0 fully saturated rings. The van der Waals surface area contributed by atoms with E-state index in [0.29, 0.717) is 52.9 Å². The smallest absolute Gasteiger partial charge is 0.262 e. The van der Waals surface area contributed by atoms with Gasteiger partial charge in [-0.1, -0.05) is 23.7 Å². The quantitative estimate of drug-likeness (QED) is 0.343. The number of halogens is 1. The Bertz CT molecular complexity index is 1090. The summed E-state index contributed by atoms with van der Waals surface area (Å²) >= 11 is 6.12. The Morgan fingerprint density at radius 2 is 2.03 bits per heavy atom. The summed E-state index contributed by atoms with van der Waals surface area (Å²) in [5, 5.41) is 5.57. The van der Waals surface area contributed by atoms with Crippen molar-refractivity contribution >= 4 is 34.2 Å². The van der Waals surface area contributed by atoms with Gasteiger partial charge < -0.3 is 9.47 Å². The molecular weight excluding hydrogens is 392 g/mol. The highest BCUT2D eigenvalue weighted by Crippen LogP contribution is 2.23. The van der Waals surface area contributed by atoms with Crippen LogP contribution in [-0.4, -0.2) is 36.1 Å². The molecule has 1 heterocycles. The number of methoxy groups -OCH3 is 2. The van der Waals surface area contributed by atoms with Crippen molar-refractivity contribution in [1.82, 2.24) is 9.55 Å². The number of aromatic nitrogens is 2. The van der Waals surface area contributed by atoms with Crippen molar-refractivity contribution in [3.63, 3.8) is 0 Å². The van der Waals surface area contributed by atoms with Gasteiger partial charge in [-0.2, -0.15) is 5.10 Å². The highest BCUT2D eigenvalue weighted by molar-refractivity contribution is 6.31. The fourth-order valence-corrected chi connectivity index (χ4v) is 3.16. The average Bonchev–Trinajstić information content (AvgIpc) is 2.74. The molecule has 152 valence electrons. The van der Waals surface area contributed by atoms with Crippen molar-refractivity contribution in [2.45, 2.75) is 19.9 Å². The van der Waals surface area contributed by atoms with Crippen LogP contribution in [0.1, 0.15) is 18.9 Å². The maximum atomic E-state index is 13.0. The molecule has 0 radical (unpaired) electrons. The first kappa shape index (κ1) is 20.8. The predicted molar refractivity (Wildman–Crippen MR) is 116 cm³/mol. The van der Waals surface area contributed by atoms with Gasteiger partial charge in [0.1, 0.15) is 5.75 Å². The van der Waals surface area contributed by atoms with Crippen molar-refractivity contribution in [3.8, 4) is 5.75 Å². The van der Waals surface area contributed by atoms with Crippen molar-refractivity contribution in [1.29, 1.82) is 0 Å². The zero-order chi connectivity index (χ0) is 20.8. The Morgan fingerprint density at radius 1 is 1.24 bits per heavy atom. The normalized spacial score (nSPS) is 11.7. The molecular formula is C21H23ClN4O3. The number of fused-ring (bicyclic) bond motifs is 1. The van der Waals surface area contributed by atoms with E-state index in [1.807, 2.05) is 19.1 Å². The summed E-state index contributed by atoms with van der Waals surface area (Å²) in [5.41, 5.74) is 4.83. The van der Waals surface area contributed by atoms with Crippen LogP contribution in [0.5, 0.6) is 5.75 Å². The molecule has 29 heavy (non-hydrogen) atoms. The van der Waals surface area contributed by atoms with E-state index in [0.717, 1.165) is 5.56 Å². The maximum absolute atomic E-state index is 13.0. The van der Waals surface area contributed by atoms with Crippen LogP contribution >= 0.6 is 11.6 Å². The second kappa shape index (κ2) is 9.54. The Labute approximate surface area is 173 Å². The van der Waals surface area contributed by atoms with Crippen molar-refractivity contribution in [3.05, 3.63) is 63.4 Å². The van der Waals surface area contributed by atoms with Gasteiger partial charge in [0.25, 0.3) is 5.56 Å². The molecule has 0 bridgehead atoms. The molecule has 8 heteroatoms. The fraction of sp³-hybridized carbons (Fsp3) is 0.286. The van der Waals surface area contributed by atoms with Crippen LogP contribution in [-0.2, 0) is 11.3 Å². The number of nitrogens with one attached hydrogen (secondary N) is 1. The molecule has 0 atom stereocenters. The molecule has 0 aliphatic heterocycles. The second-order valence-corrected chi connectivity index (χ2v) is 6.85. The van der Waals surface area contributed by atoms with E-state index < -0.39 is 0 Å². The lowest BCUT2D eigenvalue weighted by Gasteiger charge is -2.13. The van der Waals surface area contributed by atoms with Crippen molar-refractivity contribution in [2.24, 2.45) is 5.10 Å². The predicted octanol–water partition coefficient (Wildman–Crippen LogP) is 3.93. The molecule has 0 unspecified atom stereocenters. The molecule has 3 aromatic rings. The summed E-state index contributed by atoms with van der Waals surface area (Å²) in [5.74, 6) is 1.02. The SMILES string of the molecule is COCCCn1c(N/N=C(/C)c2cc(Cl)ccc2OC)nc2ccccc2c1=O. The fourth-order valence-electron chi connectivity index (χ4n) is 2.98. The monoisotopic (exact) mass is 414 g/mol. The zero-order valence-corrected chi connectivity index (χ0v) is 17.4. The van der Waals surface area contributed by atoms with Crippen molar-refractivity contribution < 1.29 is 9.47 Å². The molecule has 0 aliphatic rings. The summed E-state index contributed by atoms with van der Waals surface area (Å²) in [6.45, 7) is 2.83. The number of benzene rings is 2. The van der Waals surface area contributed by atoms with Crippen LogP contribution in [0.3, 0.4) is 0 Å². The van der Waals surface area contributed by atoms with Crippen LogP contribution in [0.15, 0.2) is 52.4 Å². The molecule has 3 rings (SSSR count). The topological polar surface area (TPSA) is 77.7 Å². The number of hydrogen-bond acceptors (Lipinski definition) is 6. The van der Waals surface area contributed by atoms with E-state index in [9.17, 15) is 4.79 Å². The molecule has 0 amide bonds. The molecule has 2 aromatic carbocycles. The molecule has 0 spiro atoms. The molecule has 1 N–H and O–H groups in total. The van der Waals surface area contributed by atoms with E-state index in [1.165, 1.54) is 0 Å². The van der Waals surface area contributed by atoms with Crippen molar-refractivity contribution in [2.75, 3.05) is 26.3 Å².